The van der Waals surface area contributed by atoms with Crippen LogP contribution in [0.3, 0.4) is 0 Å². The average molecular weight is 210 g/mol. The van der Waals surface area contributed by atoms with Crippen LogP contribution in [0.5, 0.6) is 0 Å². The van der Waals surface area contributed by atoms with Gasteiger partial charge in [0.1, 0.15) is 0 Å². The first-order valence-electron chi connectivity index (χ1n) is 6.36. The zero-order valence-electron chi connectivity index (χ0n) is 9.67. The van der Waals surface area contributed by atoms with Crippen molar-refractivity contribution in [3.8, 4) is 0 Å². The second kappa shape index (κ2) is 4.97. The predicted octanol–water partition coefficient (Wildman–Crippen LogP) is 1.53. The molecule has 1 N–H and O–H groups in total. The van der Waals surface area contributed by atoms with Gasteiger partial charge in [0.25, 0.3) is 0 Å². The van der Waals surface area contributed by atoms with Crippen molar-refractivity contribution < 1.29 is 4.79 Å². The van der Waals surface area contributed by atoms with Crippen LogP contribution >= 0.6 is 0 Å². The van der Waals surface area contributed by atoms with E-state index >= 15 is 0 Å². The summed E-state index contributed by atoms with van der Waals surface area (Å²) < 4.78 is 0. The lowest BCUT2D eigenvalue weighted by molar-refractivity contribution is -0.134. The van der Waals surface area contributed by atoms with Gasteiger partial charge in [-0.1, -0.05) is 13.3 Å². The molecule has 1 saturated carbocycles. The van der Waals surface area contributed by atoms with Crippen LogP contribution in [0.15, 0.2) is 0 Å². The minimum absolute atomic E-state index is 0.117. The normalized spacial score (nSPS) is 26.3. The summed E-state index contributed by atoms with van der Waals surface area (Å²) in [6.45, 7) is 4.11. The molecule has 0 aromatic rings. The number of nitrogens with zero attached hydrogens (tertiary/aromatic N) is 1. The van der Waals surface area contributed by atoms with Crippen molar-refractivity contribution in [3.05, 3.63) is 0 Å². The van der Waals surface area contributed by atoms with E-state index in [0.29, 0.717) is 11.9 Å². The molecular weight excluding hydrogens is 188 g/mol. The van der Waals surface area contributed by atoms with Gasteiger partial charge in [0.05, 0.1) is 6.04 Å². The molecule has 0 bridgehead atoms. The average Bonchev–Trinajstić information content (AvgIpc) is 3.10. The summed E-state index contributed by atoms with van der Waals surface area (Å²) in [5, 5.41) is 3.35. The largest absolute Gasteiger partial charge is 0.338 e. The number of carbonyl (C=O) groups is 1. The highest BCUT2D eigenvalue weighted by atomic mass is 16.2. The lowest BCUT2D eigenvalue weighted by Gasteiger charge is -2.30. The highest BCUT2D eigenvalue weighted by Crippen LogP contribution is 2.28. The fraction of sp³-hybridized carbons (Fsp3) is 0.917. The molecule has 0 spiro atoms. The first kappa shape index (κ1) is 10.9. The van der Waals surface area contributed by atoms with Crippen molar-refractivity contribution >= 4 is 5.91 Å². The summed E-state index contributed by atoms with van der Waals surface area (Å²) in [7, 11) is 0. The number of piperidine rings is 1. The molecule has 1 atom stereocenters. The molecule has 0 unspecified atom stereocenters. The SMILES string of the molecule is CCCN(C(=O)[C@H]1CCCCN1)C1CC1. The minimum atomic E-state index is 0.117. The highest BCUT2D eigenvalue weighted by molar-refractivity contribution is 5.82. The zero-order chi connectivity index (χ0) is 10.7. The maximum Gasteiger partial charge on any atom is 0.239 e. The van der Waals surface area contributed by atoms with Crippen LogP contribution in [-0.2, 0) is 4.79 Å². The van der Waals surface area contributed by atoms with E-state index in [4.69, 9.17) is 0 Å². The molecule has 0 radical (unpaired) electrons. The van der Waals surface area contributed by atoms with Gasteiger partial charge < -0.3 is 10.2 Å². The fourth-order valence-corrected chi connectivity index (χ4v) is 2.36. The summed E-state index contributed by atoms with van der Waals surface area (Å²) in [6, 6.07) is 0.687. The Labute approximate surface area is 92.2 Å². The molecule has 1 amide bonds. The van der Waals surface area contributed by atoms with E-state index in [1.807, 2.05) is 0 Å². The Bertz CT molecular complexity index is 220. The van der Waals surface area contributed by atoms with Gasteiger partial charge in [0.15, 0.2) is 0 Å². The van der Waals surface area contributed by atoms with Crippen LogP contribution in [0.2, 0.25) is 0 Å². The Morgan fingerprint density at radius 2 is 2.13 bits per heavy atom. The van der Waals surface area contributed by atoms with E-state index < -0.39 is 0 Å². The number of amides is 1. The molecule has 3 nitrogen and oxygen atoms in total. The van der Waals surface area contributed by atoms with Crippen LogP contribution in [0.4, 0.5) is 0 Å². The third-order valence-corrected chi connectivity index (χ3v) is 3.34. The Balaban J connectivity index is 1.90. The molecule has 2 fully saturated rings. The van der Waals surface area contributed by atoms with E-state index in [1.165, 1.54) is 25.7 Å². The topological polar surface area (TPSA) is 32.3 Å². The monoisotopic (exact) mass is 210 g/mol. The van der Waals surface area contributed by atoms with Crippen molar-refractivity contribution in [1.82, 2.24) is 10.2 Å². The third-order valence-electron chi connectivity index (χ3n) is 3.34. The third kappa shape index (κ3) is 2.71. The van der Waals surface area contributed by atoms with Crippen molar-refractivity contribution in [1.29, 1.82) is 0 Å². The molecule has 1 heterocycles. The fourth-order valence-electron chi connectivity index (χ4n) is 2.36. The van der Waals surface area contributed by atoms with Crippen molar-refractivity contribution in [2.24, 2.45) is 0 Å². The summed E-state index contributed by atoms with van der Waals surface area (Å²) in [6.07, 6.45) is 6.98. The van der Waals surface area contributed by atoms with Gasteiger partial charge in [-0.2, -0.15) is 0 Å². The Morgan fingerprint density at radius 3 is 2.67 bits per heavy atom. The molecule has 1 saturated heterocycles. The molecular formula is C12H22N2O. The molecule has 3 heteroatoms. The zero-order valence-corrected chi connectivity index (χ0v) is 9.67. The van der Waals surface area contributed by atoms with Crippen LogP contribution in [0.25, 0.3) is 0 Å². The first-order valence-corrected chi connectivity index (χ1v) is 6.36. The van der Waals surface area contributed by atoms with Crippen LogP contribution in [0, 0.1) is 0 Å². The highest BCUT2D eigenvalue weighted by Gasteiger charge is 2.35. The van der Waals surface area contributed by atoms with E-state index in [9.17, 15) is 4.79 Å². The molecule has 15 heavy (non-hydrogen) atoms. The maximum absolute atomic E-state index is 12.2. The van der Waals surface area contributed by atoms with Crippen molar-refractivity contribution in [3.63, 3.8) is 0 Å². The minimum Gasteiger partial charge on any atom is -0.338 e. The van der Waals surface area contributed by atoms with E-state index in [0.717, 1.165) is 25.9 Å². The molecule has 86 valence electrons. The smallest absolute Gasteiger partial charge is 0.239 e. The lowest BCUT2D eigenvalue weighted by Crippen LogP contribution is -2.49. The van der Waals surface area contributed by atoms with E-state index in [-0.39, 0.29) is 6.04 Å². The van der Waals surface area contributed by atoms with Gasteiger partial charge in [-0.25, -0.2) is 0 Å². The van der Waals surface area contributed by atoms with Gasteiger partial charge in [0, 0.05) is 12.6 Å². The van der Waals surface area contributed by atoms with Gasteiger partial charge in [-0.15, -0.1) is 0 Å². The number of nitrogens with one attached hydrogen (secondary N) is 1. The van der Waals surface area contributed by atoms with E-state index in [2.05, 4.69) is 17.1 Å². The van der Waals surface area contributed by atoms with Crippen LogP contribution in [0.1, 0.15) is 45.4 Å². The standard InChI is InChI=1S/C12H22N2O/c1-2-9-14(10-6-7-10)12(15)11-5-3-4-8-13-11/h10-11,13H,2-9H2,1H3/t11-/m1/s1. The molecule has 1 aliphatic carbocycles. The van der Waals surface area contributed by atoms with Crippen LogP contribution in [-0.4, -0.2) is 36.0 Å². The molecule has 1 aliphatic heterocycles. The number of carbonyl (C=O) groups excluding carboxylic acids is 1. The Morgan fingerprint density at radius 1 is 1.33 bits per heavy atom. The summed E-state index contributed by atoms with van der Waals surface area (Å²) in [5.41, 5.74) is 0. The Kier molecular flexibility index (Phi) is 3.62. The number of hydrogen-bond donors (Lipinski definition) is 1. The maximum atomic E-state index is 12.2. The molecule has 0 aromatic heterocycles. The summed E-state index contributed by atoms with van der Waals surface area (Å²) >= 11 is 0. The van der Waals surface area contributed by atoms with Gasteiger partial charge in [0.2, 0.25) is 5.91 Å². The number of hydrogen-bond acceptors (Lipinski definition) is 2. The summed E-state index contributed by atoms with van der Waals surface area (Å²) in [5.74, 6) is 0.360. The van der Waals surface area contributed by atoms with Crippen molar-refractivity contribution in [2.45, 2.75) is 57.5 Å². The van der Waals surface area contributed by atoms with E-state index in [1.54, 1.807) is 0 Å². The van der Waals surface area contributed by atoms with Crippen LogP contribution < -0.4 is 5.32 Å². The van der Waals surface area contributed by atoms with Crippen molar-refractivity contribution in [2.75, 3.05) is 13.1 Å². The second-order valence-electron chi connectivity index (χ2n) is 4.77. The quantitative estimate of drug-likeness (QED) is 0.763. The van der Waals surface area contributed by atoms with Gasteiger partial charge >= 0.3 is 0 Å². The molecule has 0 aromatic carbocycles. The second-order valence-corrected chi connectivity index (χ2v) is 4.77. The first-order chi connectivity index (χ1) is 7.33. The Hall–Kier alpha value is -0.570. The predicted molar refractivity (Wildman–Crippen MR) is 60.7 cm³/mol. The summed E-state index contributed by atoms with van der Waals surface area (Å²) in [4.78, 5) is 14.3. The lowest BCUT2D eigenvalue weighted by atomic mass is 10.0. The van der Waals surface area contributed by atoms with Gasteiger partial charge in [-0.3, -0.25) is 4.79 Å². The number of rotatable bonds is 4. The molecule has 2 aliphatic rings. The van der Waals surface area contributed by atoms with Gasteiger partial charge in [-0.05, 0) is 38.6 Å². The molecule has 2 rings (SSSR count).